The van der Waals surface area contributed by atoms with Crippen molar-refractivity contribution in [1.82, 2.24) is 4.98 Å². The van der Waals surface area contributed by atoms with Gasteiger partial charge in [-0.25, -0.2) is 4.79 Å². The van der Waals surface area contributed by atoms with E-state index in [1.165, 1.54) is 0 Å². The molecule has 0 aliphatic heterocycles. The smallest absolute Gasteiger partial charge is 0.341 e. The number of esters is 1. The van der Waals surface area contributed by atoms with Crippen LogP contribution in [0.2, 0.25) is 0 Å². The molecule has 0 spiro atoms. The summed E-state index contributed by atoms with van der Waals surface area (Å²) in [7, 11) is 0. The van der Waals surface area contributed by atoms with E-state index in [1.807, 2.05) is 44.3 Å². The molecule has 2 aromatic carbocycles. The van der Waals surface area contributed by atoms with Gasteiger partial charge in [-0.05, 0) is 49.4 Å². The minimum Gasteiger partial charge on any atom is -0.462 e. The van der Waals surface area contributed by atoms with E-state index in [0.717, 1.165) is 15.4 Å². The lowest BCUT2D eigenvalue weighted by Gasteiger charge is -2.11. The standard InChI is InChI=1S/C17H14BrNO3.C2H6/c1-2-21-17(20)14-5-3-12(18)10-16(14)22-13-4-6-15-11(9-13)7-8-19-15;1-2/h3-10,19H,2H2,1H3;1-2H3. The van der Waals surface area contributed by atoms with E-state index in [1.54, 1.807) is 25.1 Å². The number of carbonyl (C=O) groups is 1. The van der Waals surface area contributed by atoms with Crippen LogP contribution in [0.3, 0.4) is 0 Å². The molecule has 24 heavy (non-hydrogen) atoms. The van der Waals surface area contributed by atoms with Crippen LogP contribution in [-0.2, 0) is 4.74 Å². The van der Waals surface area contributed by atoms with Crippen LogP contribution in [0.15, 0.2) is 53.1 Å². The lowest BCUT2D eigenvalue weighted by atomic mass is 10.2. The summed E-state index contributed by atoms with van der Waals surface area (Å²) in [5, 5.41) is 1.05. The van der Waals surface area contributed by atoms with Crippen molar-refractivity contribution in [1.29, 1.82) is 0 Å². The number of ether oxygens (including phenoxy) is 2. The number of rotatable bonds is 4. The van der Waals surface area contributed by atoms with Crippen LogP contribution in [0.1, 0.15) is 31.1 Å². The monoisotopic (exact) mass is 389 g/mol. The summed E-state index contributed by atoms with van der Waals surface area (Å²) < 4.78 is 11.8. The molecule has 4 nitrogen and oxygen atoms in total. The van der Waals surface area contributed by atoms with E-state index < -0.39 is 5.97 Å². The Balaban J connectivity index is 0.00000100. The van der Waals surface area contributed by atoms with Crippen molar-refractivity contribution in [2.75, 3.05) is 6.61 Å². The number of aromatic nitrogens is 1. The third-order valence-corrected chi connectivity index (χ3v) is 3.68. The average molecular weight is 390 g/mol. The zero-order valence-corrected chi connectivity index (χ0v) is 15.5. The molecular formula is C19H20BrNO3. The minimum atomic E-state index is -0.396. The molecule has 1 aromatic heterocycles. The number of halogens is 1. The third kappa shape index (κ3) is 4.17. The zero-order chi connectivity index (χ0) is 17.5. The fourth-order valence-electron chi connectivity index (χ4n) is 2.18. The Morgan fingerprint density at radius 3 is 2.67 bits per heavy atom. The highest BCUT2D eigenvalue weighted by atomic mass is 79.9. The van der Waals surface area contributed by atoms with Gasteiger partial charge in [-0.3, -0.25) is 0 Å². The number of fused-ring (bicyclic) bond motifs is 1. The number of H-pyrrole nitrogens is 1. The van der Waals surface area contributed by atoms with E-state index in [0.29, 0.717) is 23.7 Å². The predicted octanol–water partition coefficient (Wildman–Crippen LogP) is 5.93. The SMILES string of the molecule is CC.CCOC(=O)c1ccc(Br)cc1Oc1ccc2[nH]ccc2c1. The summed E-state index contributed by atoms with van der Waals surface area (Å²) in [5.74, 6) is 0.728. The van der Waals surface area contributed by atoms with Crippen molar-refractivity contribution in [3.8, 4) is 11.5 Å². The lowest BCUT2D eigenvalue weighted by Crippen LogP contribution is -2.06. The van der Waals surface area contributed by atoms with Crippen molar-refractivity contribution in [2.45, 2.75) is 20.8 Å². The number of carbonyl (C=O) groups excluding carboxylic acids is 1. The summed E-state index contributed by atoms with van der Waals surface area (Å²) in [6.07, 6.45) is 1.87. The van der Waals surface area contributed by atoms with E-state index in [2.05, 4.69) is 20.9 Å². The first-order chi connectivity index (χ1) is 11.7. The van der Waals surface area contributed by atoms with Gasteiger partial charge in [0.15, 0.2) is 0 Å². The Labute approximate surface area is 149 Å². The molecule has 0 atom stereocenters. The van der Waals surface area contributed by atoms with Gasteiger partial charge < -0.3 is 14.5 Å². The summed E-state index contributed by atoms with van der Waals surface area (Å²) in [6.45, 7) is 6.10. The summed E-state index contributed by atoms with van der Waals surface area (Å²) in [4.78, 5) is 15.1. The first kappa shape index (κ1) is 18.1. The molecule has 0 saturated heterocycles. The molecule has 0 fully saturated rings. The van der Waals surface area contributed by atoms with E-state index in [-0.39, 0.29) is 0 Å². The Morgan fingerprint density at radius 2 is 1.92 bits per heavy atom. The number of hydrogen-bond acceptors (Lipinski definition) is 3. The first-order valence-electron chi connectivity index (χ1n) is 7.89. The zero-order valence-electron chi connectivity index (χ0n) is 13.9. The summed E-state index contributed by atoms with van der Waals surface area (Å²) in [6, 6.07) is 12.9. The third-order valence-electron chi connectivity index (χ3n) is 3.19. The average Bonchev–Trinajstić information content (AvgIpc) is 3.05. The molecule has 1 heterocycles. The fraction of sp³-hybridized carbons (Fsp3) is 0.211. The molecular weight excluding hydrogens is 370 g/mol. The summed E-state index contributed by atoms with van der Waals surface area (Å²) >= 11 is 3.39. The lowest BCUT2D eigenvalue weighted by molar-refractivity contribution is 0.0523. The van der Waals surface area contributed by atoms with Gasteiger partial charge in [-0.15, -0.1) is 0 Å². The molecule has 0 radical (unpaired) electrons. The van der Waals surface area contributed by atoms with Gasteiger partial charge in [0, 0.05) is 21.6 Å². The molecule has 0 aliphatic carbocycles. The molecule has 126 valence electrons. The van der Waals surface area contributed by atoms with Crippen LogP contribution in [0.25, 0.3) is 10.9 Å². The molecule has 1 N–H and O–H groups in total. The van der Waals surface area contributed by atoms with Gasteiger partial charge >= 0.3 is 5.97 Å². The molecule has 3 aromatic rings. The second-order valence-corrected chi connectivity index (χ2v) is 5.61. The van der Waals surface area contributed by atoms with Gasteiger partial charge in [-0.2, -0.15) is 0 Å². The normalized spacial score (nSPS) is 10.0. The Morgan fingerprint density at radius 1 is 1.12 bits per heavy atom. The molecule has 0 bridgehead atoms. The Hall–Kier alpha value is -2.27. The van der Waals surface area contributed by atoms with Gasteiger partial charge in [0.25, 0.3) is 0 Å². The van der Waals surface area contributed by atoms with Crippen molar-refractivity contribution in [2.24, 2.45) is 0 Å². The fourth-order valence-corrected chi connectivity index (χ4v) is 2.52. The topological polar surface area (TPSA) is 51.3 Å². The minimum absolute atomic E-state index is 0.323. The second kappa shape index (κ2) is 8.55. The molecule has 5 heteroatoms. The Kier molecular flexibility index (Phi) is 6.44. The van der Waals surface area contributed by atoms with Gasteiger partial charge in [-0.1, -0.05) is 29.8 Å². The van der Waals surface area contributed by atoms with Crippen molar-refractivity contribution in [3.05, 3.63) is 58.7 Å². The van der Waals surface area contributed by atoms with Crippen LogP contribution >= 0.6 is 15.9 Å². The maximum atomic E-state index is 12.0. The van der Waals surface area contributed by atoms with Gasteiger partial charge in [0.2, 0.25) is 0 Å². The van der Waals surface area contributed by atoms with Gasteiger partial charge in [0.05, 0.1) is 6.61 Å². The van der Waals surface area contributed by atoms with Crippen LogP contribution < -0.4 is 4.74 Å². The van der Waals surface area contributed by atoms with Crippen LogP contribution in [-0.4, -0.2) is 17.6 Å². The van der Waals surface area contributed by atoms with Crippen molar-refractivity contribution >= 4 is 32.8 Å². The number of aromatic amines is 1. The van der Waals surface area contributed by atoms with Gasteiger partial charge in [0.1, 0.15) is 17.1 Å². The van der Waals surface area contributed by atoms with Crippen LogP contribution in [0, 0.1) is 0 Å². The Bertz CT molecular complexity index is 826. The quantitative estimate of drug-likeness (QED) is 0.562. The number of hydrogen-bond donors (Lipinski definition) is 1. The maximum absolute atomic E-state index is 12.0. The highest BCUT2D eigenvalue weighted by Gasteiger charge is 2.15. The molecule has 0 amide bonds. The molecule has 0 saturated carbocycles. The van der Waals surface area contributed by atoms with E-state index in [9.17, 15) is 4.79 Å². The predicted molar refractivity (Wildman–Crippen MR) is 99.8 cm³/mol. The van der Waals surface area contributed by atoms with Crippen molar-refractivity contribution < 1.29 is 14.3 Å². The van der Waals surface area contributed by atoms with E-state index in [4.69, 9.17) is 9.47 Å². The second-order valence-electron chi connectivity index (χ2n) is 4.69. The molecule has 0 aliphatic rings. The number of nitrogens with one attached hydrogen (secondary N) is 1. The largest absolute Gasteiger partial charge is 0.462 e. The highest BCUT2D eigenvalue weighted by Crippen LogP contribution is 2.30. The van der Waals surface area contributed by atoms with Crippen LogP contribution in [0.5, 0.6) is 11.5 Å². The first-order valence-corrected chi connectivity index (χ1v) is 8.68. The van der Waals surface area contributed by atoms with Crippen LogP contribution in [0.4, 0.5) is 0 Å². The molecule has 0 unspecified atom stereocenters. The highest BCUT2D eigenvalue weighted by molar-refractivity contribution is 9.10. The molecule has 3 rings (SSSR count). The van der Waals surface area contributed by atoms with Crippen molar-refractivity contribution in [3.63, 3.8) is 0 Å². The van der Waals surface area contributed by atoms with E-state index >= 15 is 0 Å². The number of benzene rings is 2. The maximum Gasteiger partial charge on any atom is 0.341 e. The summed E-state index contributed by atoms with van der Waals surface area (Å²) in [5.41, 5.74) is 1.44.